The second-order valence-electron chi connectivity index (χ2n) is 46.3. The molecule has 0 spiro atoms. The van der Waals surface area contributed by atoms with Crippen LogP contribution in [-0.2, 0) is 54.1 Å². The van der Waals surface area contributed by atoms with Gasteiger partial charge in [0.1, 0.15) is 5.00 Å². The maximum Gasteiger partial charge on any atom is 0.254 e. The van der Waals surface area contributed by atoms with E-state index in [1.165, 1.54) is 241 Å². The Morgan fingerprint density at radius 3 is 1.43 bits per heavy atom. The Morgan fingerprint density at radius 2 is 0.843 bits per heavy atom. The SMILES string of the molecule is Cc1cc(N(c2cc3cc4c(cc3s2)C(C)(C)CCC4(C)C)c2ccc(C(C)(C)C)cc2-c2ccccc2)cc(N2c3ccc(C(C)(C)C)cc3C3(C)CCCCC23C)c1.Cc1cc2c3c(c1)N1c4c(cc(C(C)(C)C)cc4C4(C)CCCCC14C)B3c1c(sc3cc4c(cc13)C(C)(C)CCC4(C)C)N2c1ccc(C(C)(C)C)cc1-c1ccccc1. The average Bonchev–Trinajstić information content (AvgIpc) is 1.50. The molecule has 0 amide bonds. The lowest BCUT2D eigenvalue weighted by molar-refractivity contribution is 0.195. The van der Waals surface area contributed by atoms with E-state index in [4.69, 9.17) is 0 Å². The monoisotopic (exact) mass is 1630 g/mol. The topological polar surface area (TPSA) is 13.0 Å². The van der Waals surface area contributed by atoms with Crippen molar-refractivity contribution in [2.24, 2.45) is 0 Å². The fourth-order valence-corrected chi connectivity index (χ4v) is 26.4. The third-order valence-electron chi connectivity index (χ3n) is 32.2. The predicted molar refractivity (Wildman–Crippen MR) is 529 cm³/mol. The number of nitrogens with zero attached hydrogens (tertiary/aromatic N) is 4. The maximum atomic E-state index is 2.91. The van der Waals surface area contributed by atoms with Gasteiger partial charge in [0.15, 0.2) is 0 Å². The van der Waals surface area contributed by atoms with Crippen molar-refractivity contribution in [2.45, 2.75) is 322 Å². The van der Waals surface area contributed by atoms with Crippen LogP contribution in [-0.4, -0.2) is 17.8 Å². The van der Waals surface area contributed by atoms with Crippen LogP contribution in [0.4, 0.5) is 55.5 Å². The van der Waals surface area contributed by atoms with E-state index in [9.17, 15) is 0 Å². The van der Waals surface area contributed by atoms with Gasteiger partial charge in [-0.25, -0.2) is 0 Å². The molecule has 6 heterocycles. The van der Waals surface area contributed by atoms with Gasteiger partial charge in [-0.3, -0.25) is 0 Å². The van der Waals surface area contributed by atoms with Crippen LogP contribution in [0.15, 0.2) is 188 Å². The summed E-state index contributed by atoms with van der Waals surface area (Å²) >= 11 is 3.99. The molecule has 4 unspecified atom stereocenters. The van der Waals surface area contributed by atoms with Crippen molar-refractivity contribution in [2.75, 3.05) is 19.6 Å². The van der Waals surface area contributed by atoms with Crippen molar-refractivity contribution >= 4 is 121 Å². The molecule has 4 aliphatic carbocycles. The number of hydrogen-bond acceptors (Lipinski definition) is 6. The van der Waals surface area contributed by atoms with Crippen LogP contribution in [0, 0.1) is 13.8 Å². The van der Waals surface area contributed by atoms with E-state index in [-0.39, 0.29) is 71.9 Å². The fraction of sp³-hybridized carbons (Fsp3) is 0.439. The lowest BCUT2D eigenvalue weighted by Crippen LogP contribution is -2.64. The van der Waals surface area contributed by atoms with Gasteiger partial charge < -0.3 is 19.6 Å². The van der Waals surface area contributed by atoms with E-state index in [1.54, 1.807) is 16.7 Å². The van der Waals surface area contributed by atoms with Gasteiger partial charge in [0.25, 0.3) is 6.71 Å². The van der Waals surface area contributed by atoms with Crippen LogP contribution in [0.2, 0.25) is 0 Å². The van der Waals surface area contributed by atoms with Crippen molar-refractivity contribution < 1.29 is 0 Å². The number of thiophene rings is 2. The number of aryl methyl sites for hydroxylation is 2. The summed E-state index contributed by atoms with van der Waals surface area (Å²) in [6.45, 7) is 63.3. The van der Waals surface area contributed by atoms with Gasteiger partial charge in [0, 0.05) is 65.5 Å². The normalized spacial score (nSPS) is 22.6. The van der Waals surface area contributed by atoms with E-state index < -0.39 is 0 Å². The molecule has 0 radical (unpaired) electrons. The highest BCUT2D eigenvalue weighted by Crippen LogP contribution is 2.66. The molecule has 7 heteroatoms. The van der Waals surface area contributed by atoms with Gasteiger partial charge in [-0.2, -0.15) is 0 Å². The van der Waals surface area contributed by atoms with E-state index in [2.05, 4.69) is 388 Å². The molecule has 2 fully saturated rings. The molecule has 20 rings (SSSR count). The minimum absolute atomic E-state index is 0.0117. The molecular formula is C114H133BN4S2. The summed E-state index contributed by atoms with van der Waals surface area (Å²) in [7, 11) is 0. The average molecular weight is 1630 g/mol. The van der Waals surface area contributed by atoms with Gasteiger partial charge in [-0.1, -0.05) is 275 Å². The zero-order chi connectivity index (χ0) is 85.8. The maximum absolute atomic E-state index is 2.91. The summed E-state index contributed by atoms with van der Waals surface area (Å²) in [6, 6.07) is 75.1. The van der Waals surface area contributed by atoms with Crippen LogP contribution in [0.5, 0.6) is 0 Å². The fourth-order valence-electron chi connectivity index (χ4n) is 24.0. The van der Waals surface area contributed by atoms with Crippen molar-refractivity contribution in [3.63, 3.8) is 0 Å². The second-order valence-corrected chi connectivity index (χ2v) is 48.4. The van der Waals surface area contributed by atoms with E-state index >= 15 is 0 Å². The highest BCUT2D eigenvalue weighted by molar-refractivity contribution is 7.26. The standard InChI is InChI=1S/C57H65BN2S.C57H68N2S/c1-34-27-45-49-46(28-34)60-50-42(56(12)23-17-18-24-57(56,60)13)30-37(53(5,6)7)31-43(50)58(49)48-39-32-40-41(55(10,11)26-25-54(40,8)9)33-47(39)61-51(48)59(45)44-22-21-36(52(2,3)4)29-38(44)35-19-15-14-16-20-35;1-37-29-42(35-43(30-37)59-49-24-22-41(53(5,6)7)34-47(49)56(12)25-17-18-26-57(56,59)13)58(48-23-21-40(52(2,3)4)33-44(48)38-19-15-14-16-20-38)51-32-39-31-45-46(36-50(39)60-51)55(10,11)28-27-54(45,8)9/h14-16,19-22,27-33H,17-18,23-26H2,1-13H3;14-16,19-24,29-36H,17-18,25-28H2,1-13H3. The molecule has 12 aromatic rings. The highest BCUT2D eigenvalue weighted by Gasteiger charge is 2.63. The summed E-state index contributed by atoms with van der Waals surface area (Å²) in [6.07, 6.45) is 14.8. The van der Waals surface area contributed by atoms with E-state index in [1.807, 2.05) is 22.7 Å². The first kappa shape index (κ1) is 82.0. The molecule has 0 bridgehead atoms. The van der Waals surface area contributed by atoms with Crippen LogP contribution >= 0.6 is 22.7 Å². The van der Waals surface area contributed by atoms with E-state index in [0.29, 0.717) is 0 Å². The molecule has 624 valence electrons. The van der Waals surface area contributed by atoms with Crippen LogP contribution in [0.1, 0.15) is 310 Å². The molecule has 4 atom stereocenters. The Balaban J connectivity index is 0.000000160. The molecule has 121 heavy (non-hydrogen) atoms. The first-order valence-electron chi connectivity index (χ1n) is 46.2. The number of hydrogen-bond donors (Lipinski definition) is 0. The van der Waals surface area contributed by atoms with Gasteiger partial charge in [0.05, 0.1) is 27.5 Å². The zero-order valence-corrected chi connectivity index (χ0v) is 79.7. The molecule has 0 N–H and O–H groups in total. The predicted octanol–water partition coefficient (Wildman–Crippen LogP) is 31.2. The number of fused-ring (bicyclic) bond motifs is 15. The van der Waals surface area contributed by atoms with E-state index in [0.717, 1.165) is 0 Å². The Hall–Kier alpha value is -8.62. The summed E-state index contributed by atoms with van der Waals surface area (Å²) < 4.78 is 2.80. The largest absolute Gasteiger partial charge is 0.335 e. The summed E-state index contributed by atoms with van der Waals surface area (Å²) in [5.74, 6) is 0. The Morgan fingerprint density at radius 1 is 0.364 bits per heavy atom. The highest BCUT2D eigenvalue weighted by atomic mass is 32.1. The minimum atomic E-state index is -0.0418. The second kappa shape index (κ2) is 27.4. The summed E-state index contributed by atoms with van der Waals surface area (Å²) in [4.78, 5) is 11.0. The van der Waals surface area contributed by atoms with Crippen LogP contribution < -0.4 is 36.0 Å². The van der Waals surface area contributed by atoms with Crippen molar-refractivity contribution in [3.8, 4) is 22.3 Å². The lowest BCUT2D eigenvalue weighted by atomic mass is 9.33. The van der Waals surface area contributed by atoms with Crippen molar-refractivity contribution in [1.82, 2.24) is 0 Å². The smallest absolute Gasteiger partial charge is 0.254 e. The van der Waals surface area contributed by atoms with Crippen LogP contribution in [0.25, 0.3) is 42.4 Å². The third kappa shape index (κ3) is 12.7. The molecule has 10 aromatic carbocycles. The number of benzene rings is 10. The molecule has 2 saturated carbocycles. The third-order valence-corrected chi connectivity index (χ3v) is 34.5. The molecule has 4 nitrogen and oxygen atoms in total. The molecule has 2 aromatic heterocycles. The molecule has 4 aliphatic heterocycles. The molecule has 0 saturated heterocycles. The summed E-state index contributed by atoms with van der Waals surface area (Å²) in [5.41, 5.74) is 38.5. The van der Waals surface area contributed by atoms with Gasteiger partial charge >= 0.3 is 0 Å². The zero-order valence-electron chi connectivity index (χ0n) is 78.1. The lowest BCUT2D eigenvalue weighted by Gasteiger charge is -2.52. The first-order chi connectivity index (χ1) is 56.7. The van der Waals surface area contributed by atoms with Gasteiger partial charge in [-0.05, 0) is 318 Å². The van der Waals surface area contributed by atoms with Crippen molar-refractivity contribution in [3.05, 3.63) is 255 Å². The Labute approximate surface area is 735 Å². The number of anilines is 10. The van der Waals surface area contributed by atoms with Crippen molar-refractivity contribution in [1.29, 1.82) is 0 Å². The van der Waals surface area contributed by atoms with Gasteiger partial charge in [-0.15, -0.1) is 22.7 Å². The summed E-state index contributed by atoms with van der Waals surface area (Å²) in [5, 5.41) is 5.45. The quantitative estimate of drug-likeness (QED) is 0.147. The molecular weight excluding hydrogens is 1500 g/mol. The Kier molecular flexibility index (Phi) is 18.6. The minimum Gasteiger partial charge on any atom is -0.335 e. The van der Waals surface area contributed by atoms with Gasteiger partial charge in [0.2, 0.25) is 0 Å². The Bertz CT molecular complexity index is 6180. The van der Waals surface area contributed by atoms with Crippen LogP contribution in [0.3, 0.4) is 0 Å². The number of rotatable bonds is 7. The first-order valence-corrected chi connectivity index (χ1v) is 47.8. The molecule has 8 aliphatic rings.